The number of aromatic nitrogens is 2. The highest BCUT2D eigenvalue weighted by Gasteiger charge is 2.25. The Morgan fingerprint density at radius 1 is 1.07 bits per heavy atom. The van der Waals surface area contributed by atoms with E-state index in [0.29, 0.717) is 6.04 Å². The van der Waals surface area contributed by atoms with Gasteiger partial charge in [-0.15, -0.1) is 0 Å². The molecule has 0 N–H and O–H groups in total. The smallest absolute Gasteiger partial charge is 0.219 e. The highest BCUT2D eigenvalue weighted by molar-refractivity contribution is 5.80. The molecule has 0 radical (unpaired) electrons. The zero-order valence-corrected chi connectivity index (χ0v) is 15.3. The zero-order valence-electron chi connectivity index (χ0n) is 15.3. The third kappa shape index (κ3) is 3.50. The minimum Gasteiger partial charge on any atom is -0.343 e. The van der Waals surface area contributed by atoms with Crippen molar-refractivity contribution in [3.63, 3.8) is 0 Å². The fourth-order valence-electron chi connectivity index (χ4n) is 3.85. The third-order valence-electron chi connectivity index (χ3n) is 5.28. The van der Waals surface area contributed by atoms with Gasteiger partial charge in [0, 0.05) is 44.0 Å². The predicted octanol–water partition coefficient (Wildman–Crippen LogP) is 4.54. The van der Waals surface area contributed by atoms with Crippen molar-refractivity contribution in [2.24, 2.45) is 0 Å². The monoisotopic (exact) mass is 363 g/mol. The second kappa shape index (κ2) is 7.35. The van der Waals surface area contributed by atoms with E-state index in [1.54, 1.807) is 25.3 Å². The number of hydrogen-bond donors (Lipinski definition) is 0. The summed E-state index contributed by atoms with van der Waals surface area (Å²) in [5.41, 5.74) is 3.96. The fourth-order valence-corrected chi connectivity index (χ4v) is 3.85. The molecule has 1 aliphatic heterocycles. The number of hydrogen-bond acceptors (Lipinski definition) is 2. The number of piperidine rings is 1. The van der Waals surface area contributed by atoms with Gasteiger partial charge in [-0.3, -0.25) is 9.78 Å². The van der Waals surface area contributed by atoms with E-state index in [4.69, 9.17) is 0 Å². The molecule has 138 valence electrons. The summed E-state index contributed by atoms with van der Waals surface area (Å²) in [6.45, 7) is 3.17. The van der Waals surface area contributed by atoms with Crippen molar-refractivity contribution >= 4 is 5.91 Å². The van der Waals surface area contributed by atoms with Crippen LogP contribution in [0.25, 0.3) is 22.5 Å². The van der Waals surface area contributed by atoms with E-state index in [1.165, 1.54) is 12.1 Å². The summed E-state index contributed by atoms with van der Waals surface area (Å²) in [5, 5.41) is 0. The molecule has 27 heavy (non-hydrogen) atoms. The number of pyridine rings is 1. The Labute approximate surface area is 158 Å². The molecule has 1 amide bonds. The molecule has 4 rings (SSSR count). The van der Waals surface area contributed by atoms with Gasteiger partial charge in [-0.1, -0.05) is 18.2 Å². The molecule has 2 aromatic heterocycles. The fraction of sp³-hybridized carbons (Fsp3) is 0.273. The second-order valence-electron chi connectivity index (χ2n) is 6.94. The summed E-state index contributed by atoms with van der Waals surface area (Å²) in [7, 11) is 0. The lowest BCUT2D eigenvalue weighted by molar-refractivity contribution is -0.130. The lowest BCUT2D eigenvalue weighted by atomic mass is 10.0. The first kappa shape index (κ1) is 17.5. The average molecular weight is 363 g/mol. The molecule has 5 heteroatoms. The van der Waals surface area contributed by atoms with Crippen molar-refractivity contribution < 1.29 is 9.18 Å². The van der Waals surface area contributed by atoms with Gasteiger partial charge in [0.2, 0.25) is 5.91 Å². The van der Waals surface area contributed by atoms with Gasteiger partial charge in [0.25, 0.3) is 0 Å². The first-order chi connectivity index (χ1) is 13.1. The van der Waals surface area contributed by atoms with Gasteiger partial charge in [-0.2, -0.15) is 0 Å². The van der Waals surface area contributed by atoms with E-state index >= 15 is 0 Å². The highest BCUT2D eigenvalue weighted by atomic mass is 19.1. The van der Waals surface area contributed by atoms with Crippen molar-refractivity contribution in [2.75, 3.05) is 13.1 Å². The summed E-state index contributed by atoms with van der Waals surface area (Å²) in [6, 6.07) is 14.9. The maximum atomic E-state index is 13.4. The van der Waals surface area contributed by atoms with Crippen LogP contribution in [0.2, 0.25) is 0 Å². The quantitative estimate of drug-likeness (QED) is 0.685. The average Bonchev–Trinajstić information content (AvgIpc) is 3.14. The van der Waals surface area contributed by atoms with Crippen LogP contribution in [0.1, 0.15) is 25.8 Å². The molecule has 1 fully saturated rings. The SMILES string of the molecule is CC(=O)N1CCC(n2ccc(-c3ccc(F)cc3)c2-c2ccccn2)CC1. The number of likely N-dealkylation sites (tertiary alicyclic amines) is 1. The molecular formula is C22H22FN3O. The summed E-state index contributed by atoms with van der Waals surface area (Å²) in [6.07, 6.45) is 5.71. The lowest BCUT2D eigenvalue weighted by Gasteiger charge is -2.33. The maximum absolute atomic E-state index is 13.4. The van der Waals surface area contributed by atoms with Crippen LogP contribution in [-0.4, -0.2) is 33.4 Å². The van der Waals surface area contributed by atoms with Gasteiger partial charge in [0.15, 0.2) is 0 Å². The minimum atomic E-state index is -0.242. The largest absolute Gasteiger partial charge is 0.343 e. The van der Waals surface area contributed by atoms with Crippen molar-refractivity contribution in [3.8, 4) is 22.5 Å². The van der Waals surface area contributed by atoms with Crippen molar-refractivity contribution in [3.05, 3.63) is 66.7 Å². The van der Waals surface area contributed by atoms with Crippen molar-refractivity contribution in [1.29, 1.82) is 0 Å². The maximum Gasteiger partial charge on any atom is 0.219 e. The molecule has 0 spiro atoms. The van der Waals surface area contributed by atoms with Crippen LogP contribution in [0.15, 0.2) is 60.9 Å². The van der Waals surface area contributed by atoms with Crippen molar-refractivity contribution in [2.45, 2.75) is 25.8 Å². The van der Waals surface area contributed by atoms with Crippen LogP contribution >= 0.6 is 0 Å². The Kier molecular flexibility index (Phi) is 4.75. The molecule has 1 aromatic carbocycles. The number of carbonyl (C=O) groups excluding carboxylic acids is 1. The second-order valence-corrected chi connectivity index (χ2v) is 6.94. The van der Waals surface area contributed by atoms with Crippen LogP contribution < -0.4 is 0 Å². The minimum absolute atomic E-state index is 0.137. The molecule has 1 aliphatic rings. The van der Waals surface area contributed by atoms with Crippen LogP contribution in [0.4, 0.5) is 4.39 Å². The molecule has 0 unspecified atom stereocenters. The summed E-state index contributed by atoms with van der Waals surface area (Å²) in [4.78, 5) is 18.1. The van der Waals surface area contributed by atoms with E-state index in [2.05, 4.69) is 21.8 Å². The molecule has 3 aromatic rings. The molecule has 0 saturated carbocycles. The number of amides is 1. The number of carbonyl (C=O) groups is 1. The lowest BCUT2D eigenvalue weighted by Crippen LogP contribution is -2.37. The van der Waals surface area contributed by atoms with E-state index in [1.807, 2.05) is 23.1 Å². The van der Waals surface area contributed by atoms with Crippen LogP contribution in [0.5, 0.6) is 0 Å². The molecule has 4 nitrogen and oxygen atoms in total. The molecule has 0 atom stereocenters. The molecule has 0 aliphatic carbocycles. The van der Waals surface area contributed by atoms with Crippen LogP contribution in [0.3, 0.4) is 0 Å². The van der Waals surface area contributed by atoms with Crippen molar-refractivity contribution in [1.82, 2.24) is 14.5 Å². The molecule has 3 heterocycles. The normalized spacial score (nSPS) is 15.1. The van der Waals surface area contributed by atoms with E-state index in [9.17, 15) is 9.18 Å². The first-order valence-corrected chi connectivity index (χ1v) is 9.27. The topological polar surface area (TPSA) is 38.1 Å². The summed E-state index contributed by atoms with van der Waals surface area (Å²) >= 11 is 0. The summed E-state index contributed by atoms with van der Waals surface area (Å²) < 4.78 is 15.7. The number of benzene rings is 1. The van der Waals surface area contributed by atoms with E-state index in [0.717, 1.165) is 48.4 Å². The third-order valence-corrected chi connectivity index (χ3v) is 5.28. The van der Waals surface area contributed by atoms with E-state index < -0.39 is 0 Å². The molecular weight excluding hydrogens is 341 g/mol. The standard InChI is InChI=1S/C22H22FN3O/c1-16(27)25-13-9-19(10-14-25)26-15-11-20(17-5-7-18(23)8-6-17)22(26)21-4-2-3-12-24-21/h2-8,11-12,15,19H,9-10,13-14H2,1H3. The Balaban J connectivity index is 1.74. The van der Waals surface area contributed by atoms with Gasteiger partial charge in [-0.05, 0) is 48.7 Å². The van der Waals surface area contributed by atoms with E-state index in [-0.39, 0.29) is 11.7 Å². The zero-order chi connectivity index (χ0) is 18.8. The van der Waals surface area contributed by atoms with Gasteiger partial charge in [0.05, 0.1) is 11.4 Å². The Bertz CT molecular complexity index is 926. The highest BCUT2D eigenvalue weighted by Crippen LogP contribution is 2.36. The Morgan fingerprint density at radius 3 is 2.44 bits per heavy atom. The summed E-state index contributed by atoms with van der Waals surface area (Å²) in [5.74, 6) is -0.105. The predicted molar refractivity (Wildman–Crippen MR) is 104 cm³/mol. The molecule has 1 saturated heterocycles. The number of rotatable bonds is 3. The van der Waals surface area contributed by atoms with Gasteiger partial charge in [-0.25, -0.2) is 4.39 Å². The number of halogens is 1. The molecule has 0 bridgehead atoms. The van der Waals surface area contributed by atoms with Gasteiger partial charge < -0.3 is 9.47 Å². The van der Waals surface area contributed by atoms with Gasteiger partial charge in [0.1, 0.15) is 5.82 Å². The Morgan fingerprint density at radius 2 is 1.81 bits per heavy atom. The van der Waals surface area contributed by atoms with Crippen LogP contribution in [0, 0.1) is 5.82 Å². The van der Waals surface area contributed by atoms with Crippen LogP contribution in [-0.2, 0) is 4.79 Å². The Hall–Kier alpha value is -2.95. The van der Waals surface area contributed by atoms with Gasteiger partial charge >= 0.3 is 0 Å². The number of nitrogens with zero attached hydrogens (tertiary/aromatic N) is 3. The first-order valence-electron chi connectivity index (χ1n) is 9.27.